The zero-order chi connectivity index (χ0) is 14.8. The summed E-state index contributed by atoms with van der Waals surface area (Å²) in [4.78, 5) is 11.4. The van der Waals surface area contributed by atoms with Gasteiger partial charge in [-0.2, -0.15) is 5.26 Å². The van der Waals surface area contributed by atoms with Gasteiger partial charge in [-0.3, -0.25) is 0 Å². The van der Waals surface area contributed by atoms with Gasteiger partial charge in [0.05, 0.1) is 25.4 Å². The van der Waals surface area contributed by atoms with Crippen LogP contribution in [0, 0.1) is 29.1 Å². The SMILES string of the molecule is CCOC(=O)/C=C/[C@@]1(OC)[C@@H]2C[C@@H](C#N)C(OC)=C[C@@H]21. The van der Waals surface area contributed by atoms with Crippen LogP contribution in [0.15, 0.2) is 24.0 Å². The molecule has 1 fully saturated rings. The van der Waals surface area contributed by atoms with E-state index in [1.807, 2.05) is 6.08 Å². The summed E-state index contributed by atoms with van der Waals surface area (Å²) < 4.78 is 15.7. The number of fused-ring (bicyclic) bond motifs is 1. The van der Waals surface area contributed by atoms with Gasteiger partial charge in [0, 0.05) is 25.0 Å². The Hall–Kier alpha value is -1.80. The first-order valence-electron chi connectivity index (χ1n) is 6.69. The van der Waals surface area contributed by atoms with E-state index in [2.05, 4.69) is 6.07 Å². The van der Waals surface area contributed by atoms with E-state index in [0.717, 1.165) is 0 Å². The fourth-order valence-corrected chi connectivity index (χ4v) is 3.03. The van der Waals surface area contributed by atoms with Gasteiger partial charge < -0.3 is 14.2 Å². The highest BCUT2D eigenvalue weighted by Crippen LogP contribution is 2.61. The van der Waals surface area contributed by atoms with E-state index >= 15 is 0 Å². The first-order chi connectivity index (χ1) is 9.62. The van der Waals surface area contributed by atoms with Crippen molar-refractivity contribution >= 4 is 5.97 Å². The highest BCUT2D eigenvalue weighted by atomic mass is 16.5. The molecule has 108 valence electrons. The fraction of sp³-hybridized carbons (Fsp3) is 0.600. The van der Waals surface area contributed by atoms with Gasteiger partial charge in [0.2, 0.25) is 0 Å². The Balaban J connectivity index is 2.15. The van der Waals surface area contributed by atoms with Crippen LogP contribution in [0.2, 0.25) is 0 Å². The first-order valence-corrected chi connectivity index (χ1v) is 6.69. The molecule has 0 spiro atoms. The third kappa shape index (κ3) is 2.32. The highest BCUT2D eigenvalue weighted by molar-refractivity contribution is 5.82. The fourth-order valence-electron chi connectivity index (χ4n) is 3.03. The molecule has 0 amide bonds. The summed E-state index contributed by atoms with van der Waals surface area (Å²) in [5.41, 5.74) is -0.512. The molecule has 0 radical (unpaired) electrons. The lowest BCUT2D eigenvalue weighted by Gasteiger charge is -2.15. The van der Waals surface area contributed by atoms with Crippen LogP contribution in [-0.4, -0.2) is 32.4 Å². The zero-order valence-electron chi connectivity index (χ0n) is 12.0. The molecule has 0 aromatic heterocycles. The van der Waals surface area contributed by atoms with Crippen molar-refractivity contribution in [2.24, 2.45) is 17.8 Å². The van der Waals surface area contributed by atoms with Gasteiger partial charge in [-0.15, -0.1) is 0 Å². The van der Waals surface area contributed by atoms with E-state index in [1.54, 1.807) is 27.2 Å². The lowest BCUT2D eigenvalue weighted by Crippen LogP contribution is -2.15. The first kappa shape index (κ1) is 14.6. The van der Waals surface area contributed by atoms with E-state index in [1.165, 1.54) is 6.08 Å². The quantitative estimate of drug-likeness (QED) is 0.566. The summed E-state index contributed by atoms with van der Waals surface area (Å²) >= 11 is 0. The van der Waals surface area contributed by atoms with E-state index < -0.39 is 5.60 Å². The van der Waals surface area contributed by atoms with Crippen LogP contribution in [0.4, 0.5) is 0 Å². The van der Waals surface area contributed by atoms with Crippen molar-refractivity contribution in [3.8, 4) is 6.07 Å². The minimum Gasteiger partial charge on any atom is -0.500 e. The lowest BCUT2D eigenvalue weighted by atomic mass is 9.95. The maximum atomic E-state index is 11.4. The van der Waals surface area contributed by atoms with Crippen molar-refractivity contribution in [3.05, 3.63) is 24.0 Å². The van der Waals surface area contributed by atoms with E-state index in [-0.39, 0.29) is 23.7 Å². The second kappa shape index (κ2) is 5.68. The summed E-state index contributed by atoms with van der Waals surface area (Å²) in [6.07, 6.45) is 5.79. The Morgan fingerprint density at radius 1 is 1.60 bits per heavy atom. The molecule has 2 rings (SSSR count). The summed E-state index contributed by atoms with van der Waals surface area (Å²) in [7, 11) is 3.19. The molecule has 0 heterocycles. The number of carbonyl (C=O) groups is 1. The summed E-state index contributed by atoms with van der Waals surface area (Å²) in [5.74, 6) is 0.436. The number of carbonyl (C=O) groups excluding carboxylic acids is 1. The van der Waals surface area contributed by atoms with Crippen molar-refractivity contribution < 1.29 is 19.0 Å². The van der Waals surface area contributed by atoms with Gasteiger partial charge in [-0.1, -0.05) is 0 Å². The third-order valence-corrected chi connectivity index (χ3v) is 4.11. The predicted molar refractivity (Wildman–Crippen MR) is 71.3 cm³/mol. The van der Waals surface area contributed by atoms with Gasteiger partial charge >= 0.3 is 5.97 Å². The largest absolute Gasteiger partial charge is 0.500 e. The van der Waals surface area contributed by atoms with Crippen molar-refractivity contribution in [3.63, 3.8) is 0 Å². The molecule has 0 saturated heterocycles. The molecule has 4 atom stereocenters. The van der Waals surface area contributed by atoms with Crippen LogP contribution in [0.25, 0.3) is 0 Å². The molecule has 1 saturated carbocycles. The minimum atomic E-state index is -0.512. The number of rotatable bonds is 5. The smallest absolute Gasteiger partial charge is 0.330 e. The Kier molecular flexibility index (Phi) is 4.15. The number of allylic oxidation sites excluding steroid dienone is 1. The molecule has 2 aliphatic rings. The van der Waals surface area contributed by atoms with E-state index in [9.17, 15) is 4.79 Å². The van der Waals surface area contributed by atoms with Gasteiger partial charge in [-0.25, -0.2) is 4.79 Å². The average molecular weight is 277 g/mol. The van der Waals surface area contributed by atoms with E-state index in [4.69, 9.17) is 19.5 Å². The van der Waals surface area contributed by atoms with Crippen LogP contribution in [-0.2, 0) is 19.0 Å². The van der Waals surface area contributed by atoms with Crippen LogP contribution in [0.5, 0.6) is 0 Å². The van der Waals surface area contributed by atoms with Crippen molar-refractivity contribution in [1.82, 2.24) is 0 Å². The second-order valence-corrected chi connectivity index (χ2v) is 4.97. The second-order valence-electron chi connectivity index (χ2n) is 4.97. The topological polar surface area (TPSA) is 68.5 Å². The van der Waals surface area contributed by atoms with Crippen LogP contribution >= 0.6 is 0 Å². The summed E-state index contributed by atoms with van der Waals surface area (Å²) in [6.45, 7) is 2.11. The number of hydrogen-bond donors (Lipinski definition) is 0. The molecule has 5 nitrogen and oxygen atoms in total. The molecule has 20 heavy (non-hydrogen) atoms. The molecule has 0 aliphatic heterocycles. The highest BCUT2D eigenvalue weighted by Gasteiger charge is 2.65. The average Bonchev–Trinajstić information content (AvgIpc) is 3.10. The standard InChI is InChI=1S/C15H19NO4/c1-4-20-14(17)5-6-15(19-3)11-7-10(9-16)13(18-2)8-12(11)15/h5-6,8,10-12H,4,7H2,1-3H3/b6-5+/t10-,11+,12-,15+/m0/s1. The Labute approximate surface area is 118 Å². The Bertz CT molecular complexity index is 491. The Morgan fingerprint density at radius 2 is 2.35 bits per heavy atom. The maximum Gasteiger partial charge on any atom is 0.330 e. The zero-order valence-corrected chi connectivity index (χ0v) is 12.0. The molecule has 0 aromatic carbocycles. The number of ether oxygens (including phenoxy) is 3. The number of methoxy groups -OCH3 is 2. The molecule has 5 heteroatoms. The van der Waals surface area contributed by atoms with Crippen molar-refractivity contribution in [2.75, 3.05) is 20.8 Å². The van der Waals surface area contributed by atoms with Crippen molar-refractivity contribution in [1.29, 1.82) is 5.26 Å². The summed E-state index contributed by atoms with van der Waals surface area (Å²) in [5, 5.41) is 9.16. The van der Waals surface area contributed by atoms with Crippen molar-refractivity contribution in [2.45, 2.75) is 18.9 Å². The van der Waals surface area contributed by atoms with Crippen LogP contribution in [0.1, 0.15) is 13.3 Å². The molecule has 0 N–H and O–H groups in total. The Morgan fingerprint density at radius 3 is 2.90 bits per heavy atom. The van der Waals surface area contributed by atoms with Gasteiger partial charge in [0.1, 0.15) is 11.7 Å². The monoisotopic (exact) mass is 277 g/mol. The maximum absolute atomic E-state index is 11.4. The number of nitriles is 1. The number of hydrogen-bond acceptors (Lipinski definition) is 5. The molecular weight excluding hydrogens is 258 g/mol. The van der Waals surface area contributed by atoms with Gasteiger partial charge in [0.15, 0.2) is 0 Å². The summed E-state index contributed by atoms with van der Waals surface area (Å²) in [6, 6.07) is 2.24. The van der Waals surface area contributed by atoms with Crippen LogP contribution < -0.4 is 0 Å². The normalized spacial score (nSPS) is 34.9. The molecule has 0 aromatic rings. The van der Waals surface area contributed by atoms with Crippen LogP contribution in [0.3, 0.4) is 0 Å². The van der Waals surface area contributed by atoms with Gasteiger partial charge in [0.25, 0.3) is 0 Å². The van der Waals surface area contributed by atoms with Gasteiger partial charge in [-0.05, 0) is 25.5 Å². The lowest BCUT2D eigenvalue weighted by molar-refractivity contribution is -0.137. The molecule has 2 aliphatic carbocycles. The molecular formula is C15H19NO4. The van der Waals surface area contributed by atoms with E-state index in [0.29, 0.717) is 18.8 Å². The molecule has 0 unspecified atom stereocenters. The third-order valence-electron chi connectivity index (χ3n) is 4.11. The minimum absolute atomic E-state index is 0.151. The predicted octanol–water partition coefficient (Wildman–Crippen LogP) is 1.81. The molecule has 0 bridgehead atoms. The number of nitrogens with zero attached hydrogens (tertiary/aromatic N) is 1. The number of esters is 1.